The van der Waals surface area contributed by atoms with Crippen molar-refractivity contribution in [3.05, 3.63) is 122 Å². The largest absolute Gasteiger partial charge is 0.453 e. The van der Waals surface area contributed by atoms with Crippen LogP contribution in [0.1, 0.15) is 151 Å². The predicted octanol–water partition coefficient (Wildman–Crippen LogP) is 8.47. The molecule has 0 bridgehead atoms. The zero-order chi connectivity index (χ0) is 63.6. The van der Waals surface area contributed by atoms with Crippen molar-refractivity contribution in [2.45, 2.75) is 118 Å². The fourth-order valence-electron chi connectivity index (χ4n) is 10.5. The second-order valence-electron chi connectivity index (χ2n) is 23.0. The molecule has 6 amide bonds. The first-order valence-corrected chi connectivity index (χ1v) is 30.0. The molecule has 8 rings (SSSR count). The van der Waals surface area contributed by atoms with Crippen LogP contribution in [0.15, 0.2) is 67.1 Å². The van der Waals surface area contributed by atoms with E-state index in [4.69, 9.17) is 22.3 Å². The average Bonchev–Trinajstić information content (AvgIpc) is 3.17. The molecule has 9 atom stereocenters. The van der Waals surface area contributed by atoms with Crippen LogP contribution in [-0.2, 0) is 28.6 Å². The Kier molecular flexibility index (Phi) is 24.5. The lowest BCUT2D eigenvalue weighted by molar-refractivity contribution is -0.136. The van der Waals surface area contributed by atoms with Gasteiger partial charge in [-0.3, -0.25) is 14.4 Å². The molecule has 6 N–H and O–H groups in total. The number of benzene rings is 2. The first-order valence-electron chi connectivity index (χ1n) is 28.9. The number of hydrogen-bond acceptors (Lipinski definition) is 12. The third-order valence-electron chi connectivity index (χ3n) is 15.0. The van der Waals surface area contributed by atoms with Gasteiger partial charge < -0.3 is 59.8 Å². The lowest BCUT2D eigenvalue weighted by Gasteiger charge is -2.30. The number of aromatic nitrogens is 6. The molecule has 3 fully saturated rings. The number of imidazole rings is 3. The van der Waals surface area contributed by atoms with Gasteiger partial charge in [0, 0.05) is 41.9 Å². The van der Waals surface area contributed by atoms with Crippen LogP contribution in [0.4, 0.5) is 14.4 Å². The third kappa shape index (κ3) is 18.4. The Bertz CT molecular complexity index is 3230. The van der Waals surface area contributed by atoms with Gasteiger partial charge in [0.05, 0.1) is 61.7 Å². The highest BCUT2D eigenvalue weighted by atomic mass is 127. The summed E-state index contributed by atoms with van der Waals surface area (Å²) in [7, 11) is 3.85. The maximum atomic E-state index is 13.6. The SMILES string of the molecule is C#Cc1ccc(C#C)cc1.COC(=O)N[C@H](C(=O)N1C[C@@H](C)C[C@H]1c1ncc(C#Cc2ccc(C#Cc3cnc([C@@H]4C[C@H](C)CN4C(=O)[C@@H](NC(=O)OC)C(C)C)[nH]3)cc2)[nH]1)C(C)C.COC(=O)N[C@H](C(=O)N1C[C@@H](C)C[C@H]1c1ncc(I)[nH]1)C(C)C. The predicted molar refractivity (Wildman–Crippen MR) is 336 cm³/mol. The number of terminal acetylenes is 2. The van der Waals surface area contributed by atoms with Crippen molar-refractivity contribution in [3.8, 4) is 48.4 Å². The van der Waals surface area contributed by atoms with E-state index in [0.29, 0.717) is 48.6 Å². The molecular weight excluding hydrogens is 1220 g/mol. The number of aromatic amines is 3. The van der Waals surface area contributed by atoms with Crippen LogP contribution >= 0.6 is 22.6 Å². The molecule has 3 aliphatic heterocycles. The molecular formula is C65H79IN12O9. The number of ether oxygens (including phenoxy) is 3. The second-order valence-corrected chi connectivity index (χ2v) is 24.2. The standard InChI is InChI=1S/C40H50N8O6.C15H23IN4O3.C10H6/c1-23(2)33(45-39(51)53-7)37(49)47-21-25(5)17-31(47)35-41-19-29(43-35)15-13-27-9-11-28(12-10-27)14-16-30-20-42-36(44-30)32-18-26(6)22-48(32)38(50)34(24(3)4)46-40(52)54-8;1-8(2)12(19-15(22)23-4)14(21)20-7-9(3)5-10(20)13-17-6-11(16)18-13;1-3-9-5-7-10(4-2)8-6-9/h9-12,19-20,23-26,31-34H,17-18,21-22H2,1-8H3,(H,41,43)(H,42,44)(H,45,51)(H,46,52);6,8-10,12H,5,7H2,1-4H3,(H,17,18)(H,19,22);1-2,5-8H/t25-,26-,31-,32-,33-,34-;9-,10-,12-;/m00./s1. The molecule has 3 aromatic heterocycles. The molecule has 6 heterocycles. The van der Waals surface area contributed by atoms with E-state index in [2.05, 4.69) is 129 Å². The first-order chi connectivity index (χ1) is 41.5. The molecule has 21 nitrogen and oxygen atoms in total. The zero-order valence-corrected chi connectivity index (χ0v) is 53.6. The average molecular weight is 1300 g/mol. The van der Waals surface area contributed by atoms with Gasteiger partial charge in [-0.1, -0.05) is 86.0 Å². The Balaban J connectivity index is 0.000000297. The summed E-state index contributed by atoms with van der Waals surface area (Å²) in [5, 5.41) is 8.01. The summed E-state index contributed by atoms with van der Waals surface area (Å²) in [5.74, 6) is 19.9. The number of carbonyl (C=O) groups excluding carboxylic acids is 6. The minimum Gasteiger partial charge on any atom is -0.453 e. The van der Waals surface area contributed by atoms with Crippen LogP contribution in [0.3, 0.4) is 0 Å². The molecule has 0 radical (unpaired) electrons. The Labute approximate surface area is 523 Å². The number of carbonyl (C=O) groups is 6. The maximum absolute atomic E-state index is 13.6. The number of likely N-dealkylation sites (tertiary alicyclic amines) is 3. The van der Waals surface area contributed by atoms with Gasteiger partial charge in [0.2, 0.25) is 17.7 Å². The van der Waals surface area contributed by atoms with Gasteiger partial charge in [-0.25, -0.2) is 29.3 Å². The molecule has 0 spiro atoms. The highest BCUT2D eigenvalue weighted by Gasteiger charge is 2.43. The Hall–Kier alpha value is -8.74. The number of nitrogens with zero attached hydrogens (tertiary/aromatic N) is 6. The van der Waals surface area contributed by atoms with Gasteiger partial charge in [0.1, 0.15) is 47.0 Å². The summed E-state index contributed by atoms with van der Waals surface area (Å²) in [4.78, 5) is 104. The van der Waals surface area contributed by atoms with Gasteiger partial charge in [-0.05, 0) is 138 Å². The van der Waals surface area contributed by atoms with E-state index in [1.165, 1.54) is 21.3 Å². The van der Waals surface area contributed by atoms with Gasteiger partial charge >= 0.3 is 18.3 Å². The highest BCUT2D eigenvalue weighted by molar-refractivity contribution is 14.1. The van der Waals surface area contributed by atoms with Crippen molar-refractivity contribution >= 4 is 58.6 Å². The highest BCUT2D eigenvalue weighted by Crippen LogP contribution is 2.37. The number of halogens is 1. The first kappa shape index (κ1) is 67.4. The monoisotopic (exact) mass is 1300 g/mol. The molecule has 5 aromatic rings. The number of rotatable bonds is 12. The molecule has 87 heavy (non-hydrogen) atoms. The van der Waals surface area contributed by atoms with Crippen molar-refractivity contribution < 1.29 is 43.0 Å². The minimum atomic E-state index is -0.713. The number of amides is 6. The molecule has 22 heteroatoms. The quantitative estimate of drug-likeness (QED) is 0.0390. The second kappa shape index (κ2) is 31.6. The number of H-pyrrole nitrogens is 3. The van der Waals surface area contributed by atoms with Crippen LogP contribution in [0.25, 0.3) is 0 Å². The maximum Gasteiger partial charge on any atom is 0.407 e. The van der Waals surface area contributed by atoms with Crippen molar-refractivity contribution in [1.82, 2.24) is 60.6 Å². The summed E-state index contributed by atoms with van der Waals surface area (Å²) in [6, 6.07) is 12.2. The van der Waals surface area contributed by atoms with Crippen molar-refractivity contribution in [2.24, 2.45) is 35.5 Å². The number of alkyl carbamates (subject to hydrolysis) is 3. The van der Waals surface area contributed by atoms with Gasteiger partial charge in [-0.15, -0.1) is 12.8 Å². The number of nitrogens with one attached hydrogen (secondary N) is 6. The number of hydrogen-bond donors (Lipinski definition) is 6. The topological polar surface area (TPSA) is 262 Å². The zero-order valence-electron chi connectivity index (χ0n) is 51.4. The van der Waals surface area contributed by atoms with Gasteiger partial charge in [0.15, 0.2) is 0 Å². The van der Waals surface area contributed by atoms with E-state index < -0.39 is 36.4 Å². The smallest absolute Gasteiger partial charge is 0.407 e. The fourth-order valence-corrected chi connectivity index (χ4v) is 10.9. The molecule has 0 unspecified atom stereocenters. The van der Waals surface area contributed by atoms with Crippen LogP contribution in [0.5, 0.6) is 0 Å². The molecule has 2 aromatic carbocycles. The Morgan fingerprint density at radius 3 is 1.05 bits per heavy atom. The van der Waals surface area contributed by atoms with E-state index in [0.717, 1.165) is 51.0 Å². The molecule has 3 saturated heterocycles. The van der Waals surface area contributed by atoms with E-state index in [-0.39, 0.29) is 65.4 Å². The third-order valence-corrected chi connectivity index (χ3v) is 15.6. The van der Waals surface area contributed by atoms with E-state index in [9.17, 15) is 28.8 Å². The van der Waals surface area contributed by atoms with Crippen LogP contribution in [-0.4, -0.2) is 140 Å². The normalized spacial score (nSPS) is 19.4. The Morgan fingerprint density at radius 2 is 0.782 bits per heavy atom. The minimum absolute atomic E-state index is 0.0325. The van der Waals surface area contributed by atoms with Crippen LogP contribution < -0.4 is 16.0 Å². The van der Waals surface area contributed by atoms with E-state index in [1.54, 1.807) is 28.4 Å². The van der Waals surface area contributed by atoms with E-state index >= 15 is 0 Å². The summed E-state index contributed by atoms with van der Waals surface area (Å²) in [6.45, 7) is 19.4. The van der Waals surface area contributed by atoms with Crippen molar-refractivity contribution in [3.63, 3.8) is 0 Å². The molecule has 0 saturated carbocycles. The van der Waals surface area contributed by atoms with Crippen LogP contribution in [0.2, 0.25) is 0 Å². The molecule has 0 aliphatic carbocycles. The number of methoxy groups -OCH3 is 3. The lowest BCUT2D eigenvalue weighted by atomic mass is 10.0. The summed E-state index contributed by atoms with van der Waals surface area (Å²) < 4.78 is 15.1. The lowest BCUT2D eigenvalue weighted by Crippen LogP contribution is -2.51. The van der Waals surface area contributed by atoms with Crippen LogP contribution in [0, 0.1) is 87.6 Å². The summed E-state index contributed by atoms with van der Waals surface area (Å²) in [5.41, 5.74) is 4.56. The van der Waals surface area contributed by atoms with Crippen molar-refractivity contribution in [1.29, 1.82) is 0 Å². The Morgan fingerprint density at radius 1 is 0.494 bits per heavy atom. The summed E-state index contributed by atoms with van der Waals surface area (Å²) >= 11 is 2.17. The fraction of sp³-hybridized carbons (Fsp3) is 0.462. The van der Waals surface area contributed by atoms with E-state index in [1.807, 2.05) is 95.0 Å². The summed E-state index contributed by atoms with van der Waals surface area (Å²) in [6.07, 6.45) is 15.8. The molecule has 460 valence electrons. The van der Waals surface area contributed by atoms with Gasteiger partial charge in [0.25, 0.3) is 0 Å². The molecule has 3 aliphatic rings. The van der Waals surface area contributed by atoms with Crippen molar-refractivity contribution in [2.75, 3.05) is 41.0 Å². The van der Waals surface area contributed by atoms with Gasteiger partial charge in [-0.2, -0.15) is 0 Å².